The Morgan fingerprint density at radius 3 is 2.46 bits per heavy atom. The summed E-state index contributed by atoms with van der Waals surface area (Å²) >= 11 is 0. The number of alkyl carbamates (subject to hydrolysis) is 1. The first-order valence-electron chi connectivity index (χ1n) is 20.2. The minimum Gasteiger partial charge on any atom is -0.455 e. The number of esters is 2. The van der Waals surface area contributed by atoms with Crippen molar-refractivity contribution in [1.29, 1.82) is 5.41 Å². The van der Waals surface area contributed by atoms with Crippen LogP contribution in [0, 0.1) is 12.3 Å². The first-order chi connectivity index (χ1) is 31.8. The maximum Gasteiger partial charge on any atom is 0.472 e. The minimum atomic E-state index is -5.34. The molecular formula is C37H51N9O18P2S2. The number of imidazole rings is 1. The van der Waals surface area contributed by atoms with Gasteiger partial charge in [0, 0.05) is 18.4 Å². The zero-order chi connectivity index (χ0) is 50.3. The molecule has 1 unspecified atom stereocenters. The smallest absolute Gasteiger partial charge is 0.455 e. The Morgan fingerprint density at radius 1 is 1.12 bits per heavy atom. The van der Waals surface area contributed by atoms with Gasteiger partial charge in [0.2, 0.25) is 0 Å². The van der Waals surface area contributed by atoms with Crippen molar-refractivity contribution < 1.29 is 80.6 Å². The van der Waals surface area contributed by atoms with E-state index in [2.05, 4.69) is 31.5 Å². The number of aromatic nitrogens is 4. The number of amides is 1. The first kappa shape index (κ1) is 54.2. The Morgan fingerprint density at radius 2 is 1.82 bits per heavy atom. The van der Waals surface area contributed by atoms with Crippen LogP contribution in [0.1, 0.15) is 64.2 Å². The van der Waals surface area contributed by atoms with Crippen LogP contribution in [0.3, 0.4) is 0 Å². The van der Waals surface area contributed by atoms with E-state index in [9.17, 15) is 48.1 Å². The zero-order valence-corrected chi connectivity index (χ0v) is 40.4. The van der Waals surface area contributed by atoms with Crippen molar-refractivity contribution in [1.82, 2.24) is 24.4 Å². The SMILES string of the molecule is C=Nc1c(C(=N)N)ncn1[C@@H]1O[C@H](COP(=O)(O)O[C@H]2C[C@H](n3ccc(N)nc3=O)O[C@@H]2COP(=O)(O)O)[C@@H](OC(=O)[C@H](CC(=O)Oc2c(C)cccc2SSCC)NC(=O)OC(C)(C)C)[C@H]1O. The van der Waals surface area contributed by atoms with Crippen molar-refractivity contribution in [2.75, 3.05) is 24.7 Å². The number of ether oxygens (including phenoxy) is 5. The Balaban J connectivity index is 1.42. The zero-order valence-electron chi connectivity index (χ0n) is 36.9. The van der Waals surface area contributed by atoms with Gasteiger partial charge in [0.25, 0.3) is 0 Å². The van der Waals surface area contributed by atoms with Crippen LogP contribution in [0.5, 0.6) is 5.75 Å². The lowest BCUT2D eigenvalue weighted by molar-refractivity contribution is -0.161. The standard InChI is InChI=1S/C37H51N9O18P2S2/c1-7-67-68-23-10-8-9-18(2)29(23)61-26(47)13-19(43-36(51)63-37(3,4)5)34(49)62-30-22(60-33(28(30)48)46-17-42-27(31(39)40)32(46)41-6)16-58-66(55,56)64-20-14-25(45-12-11-24(38)44-35(45)50)59-21(20)15-57-65(52,53)54/h8-12,17,19-22,25,28,30,33,48H,6-7,13-16H2,1-5H3,(H3,39,40)(H,43,51)(H,55,56)(H2,38,44,50)(H2,52,53,54)/t19-,20-,21+,22+,25+,28+,30+,33+/m0/s1. The second kappa shape index (κ2) is 22.8. The maximum atomic E-state index is 14.2. The van der Waals surface area contributed by atoms with E-state index >= 15 is 0 Å². The third-order valence-electron chi connectivity index (χ3n) is 9.43. The highest BCUT2D eigenvalue weighted by atomic mass is 33.1. The summed E-state index contributed by atoms with van der Waals surface area (Å²) < 4.78 is 70.9. The van der Waals surface area contributed by atoms with Gasteiger partial charge in [-0.1, -0.05) is 40.6 Å². The van der Waals surface area contributed by atoms with Gasteiger partial charge in [0.05, 0.1) is 30.9 Å². The van der Waals surface area contributed by atoms with Gasteiger partial charge in [0.15, 0.2) is 18.1 Å². The van der Waals surface area contributed by atoms with Crippen molar-refractivity contribution >= 4 is 79.5 Å². The van der Waals surface area contributed by atoms with E-state index in [0.29, 0.717) is 10.5 Å². The highest BCUT2D eigenvalue weighted by Gasteiger charge is 2.51. The maximum absolute atomic E-state index is 14.2. The van der Waals surface area contributed by atoms with Crippen LogP contribution in [-0.4, -0.2) is 131 Å². The van der Waals surface area contributed by atoms with Crippen molar-refractivity contribution in [3.63, 3.8) is 0 Å². The van der Waals surface area contributed by atoms with E-state index in [-0.39, 0.29) is 23.1 Å². The number of hydrogen-bond donors (Lipinski definition) is 8. The van der Waals surface area contributed by atoms with E-state index in [1.807, 2.05) is 6.92 Å². The number of rotatable bonds is 21. The number of aliphatic hydroxyl groups is 1. The quantitative estimate of drug-likeness (QED) is 0.0189. The van der Waals surface area contributed by atoms with E-state index < -0.39 is 126 Å². The lowest BCUT2D eigenvalue weighted by atomic mass is 10.1. The predicted molar refractivity (Wildman–Crippen MR) is 241 cm³/mol. The molecule has 0 spiro atoms. The molecule has 10 N–H and O–H groups in total. The molecule has 3 aromatic rings. The number of aryl methyl sites for hydroxylation is 1. The predicted octanol–water partition coefficient (Wildman–Crippen LogP) is 2.37. The number of amidine groups is 1. The third kappa shape index (κ3) is 14.6. The average molecular weight is 1040 g/mol. The summed E-state index contributed by atoms with van der Waals surface area (Å²) in [7, 11) is -7.63. The highest BCUT2D eigenvalue weighted by Crippen LogP contribution is 2.50. The summed E-state index contributed by atoms with van der Waals surface area (Å²) in [5, 5.41) is 21.9. The monoisotopic (exact) mass is 1040 g/mol. The second-order valence-corrected chi connectivity index (χ2v) is 21.0. The lowest BCUT2D eigenvalue weighted by Gasteiger charge is -2.26. The van der Waals surface area contributed by atoms with Crippen molar-refractivity contribution in [3.8, 4) is 5.75 Å². The summed E-state index contributed by atoms with van der Waals surface area (Å²) in [6, 6.07) is 4.61. The number of phosphoric ester groups is 2. The molecule has 1 amide bonds. The van der Waals surface area contributed by atoms with Crippen LogP contribution < -0.4 is 27.2 Å². The largest absolute Gasteiger partial charge is 0.472 e. The molecule has 4 heterocycles. The van der Waals surface area contributed by atoms with Crippen LogP contribution in [0.2, 0.25) is 0 Å². The number of nitrogens with one attached hydrogen (secondary N) is 2. The van der Waals surface area contributed by atoms with Crippen LogP contribution in [0.25, 0.3) is 0 Å². The molecule has 0 aliphatic carbocycles. The van der Waals surface area contributed by atoms with Gasteiger partial charge in [-0.15, -0.1) is 0 Å². The molecule has 27 nitrogen and oxygen atoms in total. The Kier molecular flexibility index (Phi) is 18.2. The number of benzene rings is 1. The molecule has 2 saturated heterocycles. The molecule has 5 rings (SSSR count). The average Bonchev–Trinajstić information content (AvgIpc) is 3.93. The van der Waals surface area contributed by atoms with Gasteiger partial charge in [-0.05, 0) is 52.1 Å². The number of hydrogen-bond acceptors (Lipinski definition) is 22. The van der Waals surface area contributed by atoms with Crippen LogP contribution in [-0.2, 0) is 51.2 Å². The number of nitrogen functional groups attached to an aromatic ring is 2. The van der Waals surface area contributed by atoms with Gasteiger partial charge < -0.3 is 60.3 Å². The van der Waals surface area contributed by atoms with Crippen LogP contribution >= 0.6 is 37.2 Å². The number of nitrogens with zero attached hydrogens (tertiary/aromatic N) is 5. The minimum absolute atomic E-state index is 0.133. The van der Waals surface area contributed by atoms with Crippen molar-refractivity contribution in [3.05, 3.63) is 58.5 Å². The fraction of sp³-hybridized carbons (Fsp3) is 0.514. The van der Waals surface area contributed by atoms with Crippen molar-refractivity contribution in [2.45, 2.75) is 107 Å². The number of phosphoric acid groups is 2. The number of carbonyl (C=O) groups excluding carboxylic acids is 3. The molecule has 2 fully saturated rings. The molecule has 9 atom stereocenters. The third-order valence-corrected chi connectivity index (χ3v) is 13.4. The second-order valence-electron chi connectivity index (χ2n) is 15.7. The Hall–Kier alpha value is -4.74. The summed E-state index contributed by atoms with van der Waals surface area (Å²) in [5.74, 6) is -2.26. The molecule has 2 aromatic heterocycles. The molecular weight excluding hydrogens is 985 g/mol. The fourth-order valence-electron chi connectivity index (χ4n) is 6.56. The first-order valence-corrected chi connectivity index (χ1v) is 25.5. The van der Waals surface area contributed by atoms with E-state index in [1.165, 1.54) is 33.9 Å². The number of para-hydroxylation sites is 1. The summed E-state index contributed by atoms with van der Waals surface area (Å²) in [4.78, 5) is 95.1. The highest BCUT2D eigenvalue weighted by molar-refractivity contribution is 8.76. The molecule has 374 valence electrons. The van der Waals surface area contributed by atoms with Gasteiger partial charge in [-0.25, -0.2) is 33.5 Å². The van der Waals surface area contributed by atoms with E-state index in [0.717, 1.165) is 21.2 Å². The molecule has 0 bridgehead atoms. The number of carbonyl (C=O) groups is 3. The van der Waals surface area contributed by atoms with Gasteiger partial charge in [-0.3, -0.25) is 32.9 Å². The number of aliphatic hydroxyl groups excluding tert-OH is 1. The van der Waals surface area contributed by atoms with E-state index in [1.54, 1.807) is 45.9 Å². The Bertz CT molecular complexity index is 2500. The topological polar surface area (TPSA) is 393 Å². The summed E-state index contributed by atoms with van der Waals surface area (Å²) in [6.07, 6.45) is -11.6. The molecule has 68 heavy (non-hydrogen) atoms. The van der Waals surface area contributed by atoms with Gasteiger partial charge >= 0.3 is 39.4 Å². The molecule has 0 radical (unpaired) electrons. The molecule has 1 aromatic carbocycles. The number of aliphatic imine (C=N–C) groups is 1. The molecule has 2 aliphatic rings. The molecule has 0 saturated carbocycles. The molecule has 31 heteroatoms. The normalized spacial score (nSPS) is 23.0. The molecule has 2 aliphatic heterocycles. The number of anilines is 1. The Labute approximate surface area is 395 Å². The van der Waals surface area contributed by atoms with Crippen LogP contribution in [0.4, 0.5) is 16.4 Å². The van der Waals surface area contributed by atoms with Gasteiger partial charge in [-0.2, -0.15) is 4.98 Å². The van der Waals surface area contributed by atoms with Crippen molar-refractivity contribution in [2.24, 2.45) is 10.7 Å². The summed E-state index contributed by atoms with van der Waals surface area (Å²) in [6.45, 7) is 9.81. The fourth-order valence-corrected chi connectivity index (χ4v) is 9.65. The van der Waals surface area contributed by atoms with Crippen LogP contribution in [0.15, 0.2) is 51.5 Å². The number of nitrogens with two attached hydrogens (primary N) is 2. The lowest BCUT2D eigenvalue weighted by Crippen LogP contribution is -2.48. The summed E-state index contributed by atoms with van der Waals surface area (Å²) in [5.41, 5.74) is 9.66. The van der Waals surface area contributed by atoms with E-state index in [4.69, 9.17) is 49.6 Å². The van der Waals surface area contributed by atoms with Gasteiger partial charge in [0.1, 0.15) is 65.4 Å².